The molecule has 3 aliphatic rings. The molecule has 3 atom stereocenters. The molecule has 0 saturated heterocycles. The number of hydrogen-bond acceptors (Lipinski definition) is 2. The fourth-order valence-corrected chi connectivity index (χ4v) is 4.38. The average molecular weight is 293 g/mol. The van der Waals surface area contributed by atoms with Gasteiger partial charge in [-0.25, -0.2) is 0 Å². The van der Waals surface area contributed by atoms with E-state index in [1.807, 2.05) is 0 Å². The average Bonchev–Trinajstić information content (AvgIpc) is 3.29. The normalized spacial score (nSPS) is 34.4. The maximum Gasteiger partial charge on any atom is 0.0105 e. The van der Waals surface area contributed by atoms with E-state index in [-0.39, 0.29) is 0 Å². The van der Waals surface area contributed by atoms with Crippen molar-refractivity contribution in [3.8, 4) is 0 Å². The predicted octanol–water partition coefficient (Wildman–Crippen LogP) is 3.91. The summed E-state index contributed by atoms with van der Waals surface area (Å²) < 4.78 is 0. The number of nitrogens with one attached hydrogen (secondary N) is 1. The van der Waals surface area contributed by atoms with Gasteiger partial charge in [-0.3, -0.25) is 4.90 Å². The Bertz CT molecular complexity index is 338. The van der Waals surface area contributed by atoms with Gasteiger partial charge in [-0.05, 0) is 75.2 Å². The van der Waals surface area contributed by atoms with Crippen molar-refractivity contribution in [1.29, 1.82) is 0 Å². The van der Waals surface area contributed by atoms with E-state index in [2.05, 4.69) is 38.0 Å². The molecule has 2 nitrogen and oxygen atoms in total. The minimum atomic E-state index is 0.484. The van der Waals surface area contributed by atoms with E-state index >= 15 is 0 Å². The van der Waals surface area contributed by atoms with Crippen LogP contribution in [0.5, 0.6) is 0 Å². The molecule has 0 aromatic carbocycles. The second kappa shape index (κ2) is 6.20. The summed E-state index contributed by atoms with van der Waals surface area (Å²) in [5, 5.41) is 3.63. The van der Waals surface area contributed by atoms with Gasteiger partial charge in [0.1, 0.15) is 0 Å². The second-order valence-corrected chi connectivity index (χ2v) is 9.16. The molecular formula is C19H36N2. The molecule has 1 N–H and O–H groups in total. The number of rotatable bonds is 6. The molecular weight excluding hydrogens is 256 g/mol. The molecule has 3 rings (SSSR count). The summed E-state index contributed by atoms with van der Waals surface area (Å²) >= 11 is 0. The van der Waals surface area contributed by atoms with Crippen molar-refractivity contribution >= 4 is 0 Å². The van der Waals surface area contributed by atoms with E-state index in [1.54, 1.807) is 0 Å². The lowest BCUT2D eigenvalue weighted by atomic mass is 9.67. The first kappa shape index (κ1) is 15.8. The minimum absolute atomic E-state index is 0.484. The molecule has 3 aliphatic carbocycles. The predicted molar refractivity (Wildman–Crippen MR) is 90.5 cm³/mol. The Morgan fingerprint density at radius 1 is 0.952 bits per heavy atom. The first-order chi connectivity index (χ1) is 9.97. The zero-order valence-electron chi connectivity index (χ0n) is 14.7. The third-order valence-corrected chi connectivity index (χ3v) is 6.30. The van der Waals surface area contributed by atoms with E-state index in [4.69, 9.17) is 0 Å². The van der Waals surface area contributed by atoms with Crippen LogP contribution in [0.3, 0.4) is 0 Å². The van der Waals surface area contributed by atoms with Crippen LogP contribution >= 0.6 is 0 Å². The summed E-state index contributed by atoms with van der Waals surface area (Å²) in [6.07, 6.45) is 10.1. The lowest BCUT2D eigenvalue weighted by molar-refractivity contribution is 0.0857. The maximum atomic E-state index is 3.63. The Labute approximate surface area is 132 Å². The molecule has 0 aromatic rings. The third kappa shape index (κ3) is 4.22. The van der Waals surface area contributed by atoms with E-state index in [1.165, 1.54) is 58.0 Å². The van der Waals surface area contributed by atoms with Gasteiger partial charge in [-0.2, -0.15) is 0 Å². The molecule has 2 heteroatoms. The summed E-state index contributed by atoms with van der Waals surface area (Å²) in [6.45, 7) is 10.1. The highest BCUT2D eigenvalue weighted by molar-refractivity contribution is 4.94. The van der Waals surface area contributed by atoms with Crippen LogP contribution in [0.25, 0.3) is 0 Å². The Hall–Kier alpha value is -0.0800. The lowest BCUT2D eigenvalue weighted by Crippen LogP contribution is -2.47. The van der Waals surface area contributed by atoms with Gasteiger partial charge in [0.25, 0.3) is 0 Å². The van der Waals surface area contributed by atoms with Crippen molar-refractivity contribution in [3.63, 3.8) is 0 Å². The van der Waals surface area contributed by atoms with Crippen LogP contribution in [-0.4, -0.2) is 37.1 Å². The van der Waals surface area contributed by atoms with Crippen LogP contribution in [0.2, 0.25) is 0 Å². The van der Waals surface area contributed by atoms with Crippen LogP contribution in [-0.2, 0) is 0 Å². The van der Waals surface area contributed by atoms with Gasteiger partial charge < -0.3 is 5.32 Å². The van der Waals surface area contributed by atoms with Gasteiger partial charge in [0.15, 0.2) is 0 Å². The van der Waals surface area contributed by atoms with Crippen LogP contribution in [0.1, 0.15) is 65.7 Å². The number of nitrogens with zero attached hydrogens (tertiary/aromatic N) is 1. The molecule has 0 aromatic heterocycles. The minimum Gasteiger partial charge on any atom is -0.317 e. The molecule has 3 saturated carbocycles. The van der Waals surface area contributed by atoms with Gasteiger partial charge >= 0.3 is 0 Å². The van der Waals surface area contributed by atoms with Crippen LogP contribution < -0.4 is 5.32 Å². The van der Waals surface area contributed by atoms with Gasteiger partial charge in [-0.15, -0.1) is 0 Å². The molecule has 0 radical (unpaired) electrons. The zero-order valence-corrected chi connectivity index (χ0v) is 14.7. The lowest BCUT2D eigenvalue weighted by Gasteiger charge is -2.43. The van der Waals surface area contributed by atoms with Crippen LogP contribution in [0.15, 0.2) is 0 Å². The molecule has 0 aliphatic heterocycles. The fraction of sp³-hybridized carbons (Fsp3) is 1.00. The summed E-state index contributed by atoms with van der Waals surface area (Å²) in [5.74, 6) is 2.82. The van der Waals surface area contributed by atoms with Gasteiger partial charge in [-0.1, -0.05) is 20.8 Å². The summed E-state index contributed by atoms with van der Waals surface area (Å²) in [4.78, 5) is 2.87. The second-order valence-electron chi connectivity index (χ2n) is 9.16. The fourth-order valence-electron chi connectivity index (χ4n) is 4.38. The Morgan fingerprint density at radius 2 is 1.67 bits per heavy atom. The molecule has 0 bridgehead atoms. The van der Waals surface area contributed by atoms with Gasteiger partial charge in [0, 0.05) is 25.2 Å². The van der Waals surface area contributed by atoms with Crippen LogP contribution in [0.4, 0.5) is 0 Å². The zero-order chi connectivity index (χ0) is 15.0. The van der Waals surface area contributed by atoms with Crippen molar-refractivity contribution in [2.24, 2.45) is 23.2 Å². The third-order valence-electron chi connectivity index (χ3n) is 6.30. The first-order valence-electron chi connectivity index (χ1n) is 9.38. The quantitative estimate of drug-likeness (QED) is 0.798. The molecule has 0 amide bonds. The summed E-state index contributed by atoms with van der Waals surface area (Å²) in [5.41, 5.74) is 0.484. The molecule has 0 heterocycles. The van der Waals surface area contributed by atoms with Crippen molar-refractivity contribution in [2.75, 3.05) is 20.1 Å². The van der Waals surface area contributed by atoms with Gasteiger partial charge in [0.05, 0.1) is 0 Å². The highest BCUT2D eigenvalue weighted by Crippen LogP contribution is 2.42. The highest BCUT2D eigenvalue weighted by Gasteiger charge is 2.39. The highest BCUT2D eigenvalue weighted by atomic mass is 15.2. The van der Waals surface area contributed by atoms with E-state index < -0.39 is 0 Å². The summed E-state index contributed by atoms with van der Waals surface area (Å²) in [6, 6.07) is 1.70. The maximum absolute atomic E-state index is 3.63. The topological polar surface area (TPSA) is 15.3 Å². The summed E-state index contributed by atoms with van der Waals surface area (Å²) in [7, 11) is 2.18. The first-order valence-corrected chi connectivity index (χ1v) is 9.38. The molecule has 3 fully saturated rings. The smallest absolute Gasteiger partial charge is 0.0105 e. The van der Waals surface area contributed by atoms with Crippen molar-refractivity contribution < 1.29 is 0 Å². The van der Waals surface area contributed by atoms with Crippen molar-refractivity contribution in [1.82, 2.24) is 10.2 Å². The molecule has 0 spiro atoms. The molecule has 3 unspecified atom stereocenters. The van der Waals surface area contributed by atoms with Gasteiger partial charge in [0.2, 0.25) is 0 Å². The van der Waals surface area contributed by atoms with Crippen molar-refractivity contribution in [2.45, 2.75) is 77.8 Å². The Kier molecular flexibility index (Phi) is 4.66. The van der Waals surface area contributed by atoms with E-state index in [0.29, 0.717) is 5.41 Å². The SMILES string of the molecule is CNC1CCC(C(C)(C)C)CC1CN(CC1CC1)C1CC1. The Morgan fingerprint density at radius 3 is 2.19 bits per heavy atom. The molecule has 122 valence electrons. The largest absolute Gasteiger partial charge is 0.317 e. The van der Waals surface area contributed by atoms with E-state index in [9.17, 15) is 0 Å². The van der Waals surface area contributed by atoms with E-state index in [0.717, 1.165) is 29.8 Å². The molecule has 21 heavy (non-hydrogen) atoms. The number of hydrogen-bond donors (Lipinski definition) is 1. The Balaban J connectivity index is 1.61. The van der Waals surface area contributed by atoms with Crippen LogP contribution in [0, 0.1) is 23.2 Å². The monoisotopic (exact) mass is 292 g/mol. The van der Waals surface area contributed by atoms with Crippen molar-refractivity contribution in [3.05, 3.63) is 0 Å². The standard InChI is InChI=1S/C19H36N2/c1-19(2,3)16-7-10-18(20-4)15(11-16)13-21(17-8-9-17)12-14-5-6-14/h14-18,20H,5-13H2,1-4H3.